The van der Waals surface area contributed by atoms with Crippen LogP contribution in [-0.2, 0) is 16.0 Å². The van der Waals surface area contributed by atoms with Crippen molar-refractivity contribution in [1.82, 2.24) is 4.90 Å². The molecule has 1 saturated heterocycles. The smallest absolute Gasteiger partial charge is 0.327 e. The molecule has 1 unspecified atom stereocenters. The van der Waals surface area contributed by atoms with Crippen molar-refractivity contribution in [3.05, 3.63) is 40.3 Å². The zero-order chi connectivity index (χ0) is 17.1. The van der Waals surface area contributed by atoms with Gasteiger partial charge >= 0.3 is 5.97 Å². The highest BCUT2D eigenvalue weighted by Crippen LogP contribution is 2.35. The highest BCUT2D eigenvalue weighted by Gasteiger charge is 2.41. The molecule has 4 nitrogen and oxygen atoms in total. The second-order valence-corrected chi connectivity index (χ2v) is 7.35. The Morgan fingerprint density at radius 3 is 2.43 bits per heavy atom. The SMILES string of the molecule is CCc1ccc(/C=C2\SC(=S)N(C(C(=O)O)C(C)C)C2=O)cc1. The van der Waals surface area contributed by atoms with E-state index in [1.165, 1.54) is 10.5 Å². The van der Waals surface area contributed by atoms with E-state index >= 15 is 0 Å². The molecule has 0 bridgehead atoms. The molecule has 0 saturated carbocycles. The van der Waals surface area contributed by atoms with Crippen molar-refractivity contribution in [2.75, 3.05) is 0 Å². The summed E-state index contributed by atoms with van der Waals surface area (Å²) < 4.78 is 0.299. The number of thiocarbonyl (C=S) groups is 1. The molecule has 0 spiro atoms. The molecule has 0 aromatic heterocycles. The van der Waals surface area contributed by atoms with Crippen LogP contribution in [0.25, 0.3) is 6.08 Å². The fourth-order valence-corrected chi connectivity index (χ4v) is 3.74. The largest absolute Gasteiger partial charge is 0.480 e. The molecule has 1 fully saturated rings. The number of nitrogens with zero attached hydrogens (tertiary/aromatic N) is 1. The van der Waals surface area contributed by atoms with E-state index in [1.807, 2.05) is 24.3 Å². The first-order valence-corrected chi connectivity index (χ1v) is 8.66. The average molecular weight is 349 g/mol. The minimum absolute atomic E-state index is 0.224. The molecule has 1 N–H and O–H groups in total. The highest BCUT2D eigenvalue weighted by atomic mass is 32.2. The lowest BCUT2D eigenvalue weighted by Gasteiger charge is -2.26. The van der Waals surface area contributed by atoms with Gasteiger partial charge in [-0.15, -0.1) is 0 Å². The zero-order valence-corrected chi connectivity index (χ0v) is 14.9. The zero-order valence-electron chi connectivity index (χ0n) is 13.3. The molecule has 6 heteroatoms. The fourth-order valence-electron chi connectivity index (χ4n) is 2.41. The standard InChI is InChI=1S/C17H19NO3S2/c1-4-11-5-7-12(8-6-11)9-13-15(19)18(17(22)23-13)14(10(2)3)16(20)21/h5-10,14H,4H2,1-3H3,(H,20,21)/b13-9-. The molecular formula is C17H19NO3S2. The van der Waals surface area contributed by atoms with Crippen LogP contribution in [0, 0.1) is 5.92 Å². The molecule has 2 rings (SSSR count). The number of amides is 1. The van der Waals surface area contributed by atoms with Crippen LogP contribution in [0.4, 0.5) is 0 Å². The number of thioether (sulfide) groups is 1. The van der Waals surface area contributed by atoms with Crippen LogP contribution in [0.5, 0.6) is 0 Å². The maximum absolute atomic E-state index is 12.6. The van der Waals surface area contributed by atoms with E-state index in [9.17, 15) is 14.7 Å². The van der Waals surface area contributed by atoms with Crippen molar-refractivity contribution >= 4 is 46.3 Å². The third-order valence-corrected chi connectivity index (χ3v) is 5.00. The summed E-state index contributed by atoms with van der Waals surface area (Å²) in [4.78, 5) is 25.7. The second-order valence-electron chi connectivity index (χ2n) is 5.67. The average Bonchev–Trinajstić information content (AvgIpc) is 2.75. The summed E-state index contributed by atoms with van der Waals surface area (Å²) >= 11 is 6.38. The molecule has 1 aliphatic heterocycles. The predicted molar refractivity (Wildman–Crippen MR) is 97.1 cm³/mol. The summed E-state index contributed by atoms with van der Waals surface area (Å²) in [7, 11) is 0. The van der Waals surface area contributed by atoms with E-state index in [-0.39, 0.29) is 11.8 Å². The summed E-state index contributed by atoms with van der Waals surface area (Å²) in [6.07, 6.45) is 2.72. The van der Waals surface area contributed by atoms with Crippen LogP contribution in [0.2, 0.25) is 0 Å². The number of benzene rings is 1. The molecule has 1 aromatic rings. The number of hydrogen-bond acceptors (Lipinski definition) is 4. The van der Waals surface area contributed by atoms with Crippen molar-refractivity contribution in [1.29, 1.82) is 0 Å². The minimum Gasteiger partial charge on any atom is -0.480 e. The quantitative estimate of drug-likeness (QED) is 0.651. The van der Waals surface area contributed by atoms with Crippen molar-refractivity contribution < 1.29 is 14.7 Å². The number of carboxylic acids is 1. The summed E-state index contributed by atoms with van der Waals surface area (Å²) in [5, 5.41) is 9.39. The Hall–Kier alpha value is -1.66. The molecule has 1 atom stereocenters. The van der Waals surface area contributed by atoms with Gasteiger partial charge in [-0.25, -0.2) is 4.79 Å². The Labute approximate surface area is 145 Å². The number of carboxylic acid groups (broad SMARTS) is 1. The van der Waals surface area contributed by atoms with Crippen molar-refractivity contribution in [2.45, 2.75) is 33.2 Å². The molecule has 23 heavy (non-hydrogen) atoms. The lowest BCUT2D eigenvalue weighted by Crippen LogP contribution is -2.47. The topological polar surface area (TPSA) is 57.6 Å². The van der Waals surface area contributed by atoms with Crippen LogP contribution in [0.1, 0.15) is 31.9 Å². The maximum atomic E-state index is 12.6. The lowest BCUT2D eigenvalue weighted by molar-refractivity contribution is -0.146. The lowest BCUT2D eigenvalue weighted by atomic mass is 10.0. The number of rotatable bonds is 5. The predicted octanol–water partition coefficient (Wildman–Crippen LogP) is 3.56. The Kier molecular flexibility index (Phi) is 5.59. The monoisotopic (exact) mass is 349 g/mol. The molecule has 0 aliphatic carbocycles. The van der Waals surface area contributed by atoms with E-state index in [0.717, 1.165) is 23.7 Å². The maximum Gasteiger partial charge on any atom is 0.327 e. The number of aryl methyl sites for hydroxylation is 1. The van der Waals surface area contributed by atoms with Gasteiger partial charge in [0.2, 0.25) is 0 Å². The van der Waals surface area contributed by atoms with Crippen LogP contribution < -0.4 is 0 Å². The van der Waals surface area contributed by atoms with E-state index in [4.69, 9.17) is 12.2 Å². The van der Waals surface area contributed by atoms with E-state index in [0.29, 0.717) is 9.23 Å². The fraction of sp³-hybridized carbons (Fsp3) is 0.353. The van der Waals surface area contributed by atoms with Crippen molar-refractivity contribution in [2.24, 2.45) is 5.92 Å². The van der Waals surface area contributed by atoms with Gasteiger partial charge in [0.1, 0.15) is 10.4 Å². The van der Waals surface area contributed by atoms with Crippen LogP contribution in [0.3, 0.4) is 0 Å². The summed E-state index contributed by atoms with van der Waals surface area (Å²) in [5.41, 5.74) is 2.12. The highest BCUT2D eigenvalue weighted by molar-refractivity contribution is 8.26. The summed E-state index contributed by atoms with van der Waals surface area (Å²) in [6.45, 7) is 5.62. The van der Waals surface area contributed by atoms with Gasteiger partial charge in [-0.3, -0.25) is 9.69 Å². The third kappa shape index (κ3) is 3.82. The molecule has 1 heterocycles. The Balaban J connectivity index is 2.29. The molecule has 1 aliphatic rings. The first kappa shape index (κ1) is 17.7. The van der Waals surface area contributed by atoms with Gasteiger partial charge in [-0.05, 0) is 29.5 Å². The van der Waals surface area contributed by atoms with Gasteiger partial charge in [0.05, 0.1) is 4.91 Å². The minimum atomic E-state index is -1.04. The van der Waals surface area contributed by atoms with Gasteiger partial charge in [0, 0.05) is 0 Å². The normalized spacial score (nSPS) is 18.1. The first-order chi connectivity index (χ1) is 10.8. The van der Waals surface area contributed by atoms with E-state index < -0.39 is 12.0 Å². The molecule has 1 amide bonds. The Morgan fingerprint density at radius 1 is 1.35 bits per heavy atom. The molecule has 1 aromatic carbocycles. The van der Waals surface area contributed by atoms with Crippen LogP contribution in [0.15, 0.2) is 29.2 Å². The number of carbonyl (C=O) groups excluding carboxylic acids is 1. The first-order valence-electron chi connectivity index (χ1n) is 7.44. The summed E-state index contributed by atoms with van der Waals surface area (Å²) in [5.74, 6) is -1.59. The Bertz CT molecular complexity index is 665. The van der Waals surface area contributed by atoms with Crippen molar-refractivity contribution in [3.8, 4) is 0 Å². The van der Waals surface area contributed by atoms with E-state index in [2.05, 4.69) is 6.92 Å². The van der Waals surface area contributed by atoms with Gasteiger partial charge in [0.25, 0.3) is 5.91 Å². The number of carbonyl (C=O) groups is 2. The number of hydrogen-bond donors (Lipinski definition) is 1. The number of aliphatic carboxylic acids is 1. The molecular weight excluding hydrogens is 330 g/mol. The third-order valence-electron chi connectivity index (χ3n) is 3.67. The van der Waals surface area contributed by atoms with Gasteiger partial charge < -0.3 is 5.11 Å². The van der Waals surface area contributed by atoms with Crippen LogP contribution >= 0.6 is 24.0 Å². The Morgan fingerprint density at radius 2 is 1.96 bits per heavy atom. The van der Waals surface area contributed by atoms with Crippen molar-refractivity contribution in [3.63, 3.8) is 0 Å². The van der Waals surface area contributed by atoms with Gasteiger partial charge in [-0.1, -0.05) is 69.0 Å². The molecule has 122 valence electrons. The second kappa shape index (κ2) is 7.27. The van der Waals surface area contributed by atoms with E-state index in [1.54, 1.807) is 19.9 Å². The van der Waals surface area contributed by atoms with Crippen LogP contribution in [-0.4, -0.2) is 32.2 Å². The van der Waals surface area contributed by atoms with Gasteiger partial charge in [0.15, 0.2) is 0 Å². The van der Waals surface area contributed by atoms with Gasteiger partial charge in [-0.2, -0.15) is 0 Å². The molecule has 0 radical (unpaired) electrons. The summed E-state index contributed by atoms with van der Waals surface area (Å²) in [6, 6.07) is 6.99.